The number of benzene rings is 4. The van der Waals surface area contributed by atoms with Crippen LogP contribution >= 0.6 is 22.9 Å². The number of hydrogen-bond acceptors (Lipinski definition) is 11. The second-order valence-corrected chi connectivity index (χ2v) is 22.0. The van der Waals surface area contributed by atoms with E-state index in [4.69, 9.17) is 21.3 Å². The molecule has 1 N–H and O–H groups in total. The van der Waals surface area contributed by atoms with Crippen molar-refractivity contribution in [2.24, 2.45) is 18.0 Å². The quantitative estimate of drug-likeness (QED) is 0.131. The molecule has 3 aliphatic rings. The van der Waals surface area contributed by atoms with Crippen LogP contribution in [-0.2, 0) is 33.2 Å². The van der Waals surface area contributed by atoms with Crippen LogP contribution in [0.4, 0.5) is 0 Å². The predicted molar refractivity (Wildman–Crippen MR) is 261 cm³/mol. The highest BCUT2D eigenvalue weighted by Crippen LogP contribution is 2.46. The van der Waals surface area contributed by atoms with E-state index in [0.717, 1.165) is 73.0 Å². The molecule has 0 bridgehead atoms. The number of ether oxygens (including phenoxy) is 1. The summed E-state index contributed by atoms with van der Waals surface area (Å²) in [5.41, 5.74) is 9.41. The number of carboxylic acid groups (broad SMARTS) is 1. The lowest BCUT2D eigenvalue weighted by molar-refractivity contribution is -0.137. The fraction of sp³-hybridized carbons (Fsp3) is 0.353. The summed E-state index contributed by atoms with van der Waals surface area (Å²) in [6.45, 7) is 10.1. The van der Waals surface area contributed by atoms with E-state index in [0.29, 0.717) is 35.0 Å². The molecule has 1 aliphatic carbocycles. The zero-order chi connectivity index (χ0) is 47.8. The maximum Gasteiger partial charge on any atom is 0.304 e. The number of ketones is 1. The van der Waals surface area contributed by atoms with Gasteiger partial charge < -0.3 is 9.84 Å². The molecule has 14 nitrogen and oxygen atoms in total. The number of hydrogen-bond donors (Lipinski definition) is 1. The average Bonchev–Trinajstić information content (AvgIpc) is 4.08. The summed E-state index contributed by atoms with van der Waals surface area (Å²) in [5, 5.41) is 30.0. The Kier molecular flexibility index (Phi) is 12.0. The van der Waals surface area contributed by atoms with Crippen LogP contribution in [0.2, 0.25) is 5.02 Å². The number of Topliss-reactive ketones (excluding diaryl/α,β-unsaturated/α-hetero) is 1. The smallest absolute Gasteiger partial charge is 0.304 e. The van der Waals surface area contributed by atoms with Gasteiger partial charge in [0, 0.05) is 52.9 Å². The first kappa shape index (κ1) is 45.7. The molecule has 5 unspecified atom stereocenters. The number of carboxylic acids is 1. The van der Waals surface area contributed by atoms with Crippen LogP contribution in [-0.4, -0.2) is 77.7 Å². The minimum Gasteiger partial charge on any atom is -0.488 e. The molecule has 17 heteroatoms. The van der Waals surface area contributed by atoms with Crippen molar-refractivity contribution in [3.05, 3.63) is 145 Å². The van der Waals surface area contributed by atoms with Gasteiger partial charge in [-0.25, -0.2) is 13.1 Å². The number of thiophene rings is 1. The van der Waals surface area contributed by atoms with Gasteiger partial charge >= 0.3 is 5.97 Å². The normalized spacial score (nSPS) is 20.4. The van der Waals surface area contributed by atoms with Crippen LogP contribution in [0.1, 0.15) is 118 Å². The molecule has 5 heterocycles. The summed E-state index contributed by atoms with van der Waals surface area (Å²) in [5.74, 6) is -0.0728. The molecule has 3 aromatic heterocycles. The molecule has 68 heavy (non-hydrogen) atoms. The summed E-state index contributed by atoms with van der Waals surface area (Å²) in [7, 11) is -2.07. The zero-order valence-electron chi connectivity index (χ0n) is 38.6. The summed E-state index contributed by atoms with van der Waals surface area (Å²) in [6.07, 6.45) is 1.54. The van der Waals surface area contributed by atoms with E-state index in [1.165, 1.54) is 9.18 Å². The highest BCUT2D eigenvalue weighted by Gasteiger charge is 2.38. The van der Waals surface area contributed by atoms with Crippen molar-refractivity contribution in [3.63, 3.8) is 0 Å². The maximum absolute atomic E-state index is 14.7. The van der Waals surface area contributed by atoms with Crippen LogP contribution in [0.15, 0.2) is 88.8 Å². The molecule has 0 radical (unpaired) electrons. The van der Waals surface area contributed by atoms with Gasteiger partial charge in [-0.05, 0) is 124 Å². The van der Waals surface area contributed by atoms with E-state index in [1.807, 2.05) is 76.3 Å². The van der Waals surface area contributed by atoms with Gasteiger partial charge in [0.25, 0.3) is 0 Å². The number of nitrogens with zero attached hydrogens (tertiary/aromatic N) is 8. The number of fused-ring (bicyclic) bond motifs is 5. The van der Waals surface area contributed by atoms with Gasteiger partial charge in [0.2, 0.25) is 10.0 Å². The molecule has 2 aliphatic heterocycles. The Bertz CT molecular complexity index is 3300. The highest BCUT2D eigenvalue weighted by molar-refractivity contribution is 7.89. The molecule has 5 atom stereocenters. The topological polar surface area (TPSA) is 175 Å². The number of aliphatic imine (C=N–C) groups is 1. The molecule has 0 spiro atoms. The fourth-order valence-corrected chi connectivity index (χ4v) is 13.3. The number of halogens is 1. The lowest BCUT2D eigenvalue weighted by Crippen LogP contribution is -2.35. The summed E-state index contributed by atoms with van der Waals surface area (Å²) >= 11 is 8.01. The third-order valence-electron chi connectivity index (χ3n) is 14.0. The molecule has 7 aromatic rings. The number of aliphatic carboxylic acids is 1. The molecular weight excluding hydrogens is 920 g/mol. The van der Waals surface area contributed by atoms with Gasteiger partial charge in [-0.1, -0.05) is 65.3 Å². The van der Waals surface area contributed by atoms with Gasteiger partial charge in [0.15, 0.2) is 5.82 Å². The first-order valence-corrected chi connectivity index (χ1v) is 25.5. The first-order valence-electron chi connectivity index (χ1n) is 22.8. The lowest BCUT2D eigenvalue weighted by atomic mass is 9.83. The summed E-state index contributed by atoms with van der Waals surface area (Å²) < 4.78 is 39.4. The zero-order valence-corrected chi connectivity index (χ0v) is 41.0. The van der Waals surface area contributed by atoms with E-state index in [9.17, 15) is 23.1 Å². The van der Waals surface area contributed by atoms with E-state index in [1.54, 1.807) is 40.3 Å². The Morgan fingerprint density at radius 3 is 2.51 bits per heavy atom. The third kappa shape index (κ3) is 8.24. The van der Waals surface area contributed by atoms with E-state index >= 15 is 0 Å². The molecule has 10 rings (SSSR count). The number of carbonyl (C=O) groups excluding carboxylic acids is 1. The average molecular weight is 972 g/mol. The lowest BCUT2D eigenvalue weighted by Gasteiger charge is -2.24. The predicted octanol–water partition coefficient (Wildman–Crippen LogP) is 9.51. The fourth-order valence-electron chi connectivity index (χ4n) is 10.4. The van der Waals surface area contributed by atoms with Crippen molar-refractivity contribution in [2.75, 3.05) is 6.54 Å². The van der Waals surface area contributed by atoms with Crippen LogP contribution < -0.4 is 4.74 Å². The number of para-hydroxylation sites is 1. The van der Waals surface area contributed by atoms with Gasteiger partial charge in [0.1, 0.15) is 44.9 Å². The van der Waals surface area contributed by atoms with E-state index in [-0.39, 0.29) is 48.4 Å². The Hall–Kier alpha value is -6.07. The Morgan fingerprint density at radius 1 is 0.956 bits per heavy atom. The van der Waals surface area contributed by atoms with Crippen molar-refractivity contribution >= 4 is 61.5 Å². The first-order chi connectivity index (χ1) is 32.5. The van der Waals surface area contributed by atoms with E-state index in [2.05, 4.69) is 45.0 Å². The molecular formula is C51H51ClN8O6S2. The molecule has 350 valence electrons. The molecule has 0 saturated heterocycles. The number of aromatic nitrogens is 6. The van der Waals surface area contributed by atoms with Crippen LogP contribution in [0.5, 0.6) is 5.75 Å². The van der Waals surface area contributed by atoms with Crippen LogP contribution in [0, 0.1) is 33.6 Å². The molecule has 0 amide bonds. The minimum absolute atomic E-state index is 0.0335. The van der Waals surface area contributed by atoms with Crippen molar-refractivity contribution in [2.45, 2.75) is 102 Å². The van der Waals surface area contributed by atoms with Crippen LogP contribution in [0.25, 0.3) is 16.0 Å². The molecule has 4 aromatic carbocycles. The van der Waals surface area contributed by atoms with Crippen molar-refractivity contribution in [3.8, 4) is 10.8 Å². The largest absolute Gasteiger partial charge is 0.488 e. The number of aryl methyl sites for hydroxylation is 4. The maximum atomic E-state index is 14.7. The Labute approximate surface area is 403 Å². The van der Waals surface area contributed by atoms with Gasteiger partial charge in [-0.3, -0.25) is 19.1 Å². The summed E-state index contributed by atoms with van der Waals surface area (Å²) in [4.78, 5) is 34.0. The second-order valence-electron chi connectivity index (χ2n) is 18.5. The van der Waals surface area contributed by atoms with Crippen molar-refractivity contribution < 1.29 is 27.9 Å². The molecule has 1 fully saturated rings. The second kappa shape index (κ2) is 17.8. The monoisotopic (exact) mass is 970 g/mol. The van der Waals surface area contributed by atoms with Gasteiger partial charge in [-0.15, -0.1) is 26.6 Å². The Morgan fingerprint density at radius 2 is 1.74 bits per heavy atom. The van der Waals surface area contributed by atoms with Gasteiger partial charge in [-0.2, -0.15) is 4.31 Å². The number of rotatable bonds is 11. The SMILES string of the molecule is Cc1ccc(C(CC(=O)O)c2cc(C3CCC(C(=O)CC4N=C(c5ccc(Cl)cc5)c5c(sc(C)c5C)-n5c(C)nnc54)C3)c3c(c2)nnn3C)cc1CN1CC(C)Oc2ccccc2S1(=O)=O. The standard InChI is InChI=1S/C51H51ClN8O6S2/c1-27-11-12-33(20-37(27)26-59-25-28(2)66-44-9-7-8-10-45(44)68(59,64)65)39(23-46(62)63)36-21-40(49-41(22-36)55-57-58(49)6)34-13-14-35(19-34)43(61)24-42-50-56-54-31(5)60(50)51-47(29(3)30(4)67-51)48(53-42)32-15-17-38(52)18-16-32/h7-12,15-18,20-22,28,34-35,39,42H,13-14,19,23-26H2,1-6H3,(H,62,63). The van der Waals surface area contributed by atoms with Crippen molar-refractivity contribution in [1.82, 2.24) is 34.1 Å². The highest BCUT2D eigenvalue weighted by atomic mass is 35.5. The minimum atomic E-state index is -3.91. The third-order valence-corrected chi connectivity index (χ3v) is 17.3. The number of sulfonamides is 1. The van der Waals surface area contributed by atoms with Crippen molar-refractivity contribution in [1.29, 1.82) is 0 Å². The molecule has 1 saturated carbocycles. The summed E-state index contributed by atoms with van der Waals surface area (Å²) in [6, 6.07) is 23.5. The Balaban J connectivity index is 0.957. The van der Waals surface area contributed by atoms with E-state index < -0.39 is 34.1 Å². The van der Waals surface area contributed by atoms with Crippen LogP contribution in [0.3, 0.4) is 0 Å². The van der Waals surface area contributed by atoms with Gasteiger partial charge in [0.05, 0.1) is 24.2 Å². The number of carbonyl (C=O) groups is 2.